The number of nitrogens with zero attached hydrogens (tertiary/aromatic N) is 1. The molecule has 190 valence electrons. The molecular formula is C29H39ClN2O3. The van der Waals surface area contributed by atoms with E-state index in [2.05, 4.69) is 26.1 Å². The van der Waals surface area contributed by atoms with Crippen molar-refractivity contribution < 1.29 is 14.3 Å². The Balaban J connectivity index is 1.75. The Labute approximate surface area is 215 Å². The van der Waals surface area contributed by atoms with Gasteiger partial charge in [-0.15, -0.1) is 0 Å². The summed E-state index contributed by atoms with van der Waals surface area (Å²) in [6.07, 6.45) is 5.98. The molecule has 1 N–H and O–H groups in total. The van der Waals surface area contributed by atoms with Crippen LogP contribution in [0.25, 0.3) is 0 Å². The number of amides is 2. The number of benzene rings is 2. The third-order valence-corrected chi connectivity index (χ3v) is 7.09. The number of carbonyl (C=O) groups excluding carboxylic acids is 2. The molecular weight excluding hydrogens is 460 g/mol. The van der Waals surface area contributed by atoms with Crippen LogP contribution in [0.4, 0.5) is 0 Å². The van der Waals surface area contributed by atoms with Crippen molar-refractivity contribution in [3.8, 4) is 5.75 Å². The van der Waals surface area contributed by atoms with E-state index >= 15 is 0 Å². The van der Waals surface area contributed by atoms with Crippen molar-refractivity contribution in [1.29, 1.82) is 0 Å². The van der Waals surface area contributed by atoms with Gasteiger partial charge in [0.1, 0.15) is 11.8 Å². The van der Waals surface area contributed by atoms with Crippen molar-refractivity contribution in [1.82, 2.24) is 10.2 Å². The van der Waals surface area contributed by atoms with Crippen LogP contribution in [0.5, 0.6) is 5.75 Å². The second kappa shape index (κ2) is 12.4. The molecule has 1 fully saturated rings. The number of hydrogen-bond acceptors (Lipinski definition) is 3. The highest BCUT2D eigenvalue weighted by atomic mass is 35.5. The Hall–Kier alpha value is -2.53. The molecule has 1 saturated carbocycles. The molecule has 5 nitrogen and oxygen atoms in total. The van der Waals surface area contributed by atoms with Gasteiger partial charge in [-0.2, -0.15) is 0 Å². The third kappa shape index (κ3) is 7.73. The minimum Gasteiger partial charge on any atom is -0.484 e. The average Bonchev–Trinajstić information content (AvgIpc) is 2.84. The summed E-state index contributed by atoms with van der Waals surface area (Å²) >= 11 is 6.41. The second-order valence-electron chi connectivity index (χ2n) is 10.4. The SMILES string of the molecule is CCC(C(=O)NC1CCCCC1)N(Cc1ccccc1Cl)C(=O)COc1ccc(C(C)(C)C)cc1. The molecule has 6 heteroatoms. The summed E-state index contributed by atoms with van der Waals surface area (Å²) in [4.78, 5) is 28.3. The molecule has 35 heavy (non-hydrogen) atoms. The number of hydrogen-bond donors (Lipinski definition) is 1. The first-order valence-corrected chi connectivity index (χ1v) is 13.1. The molecule has 1 unspecified atom stereocenters. The van der Waals surface area contributed by atoms with E-state index in [0.29, 0.717) is 17.2 Å². The lowest BCUT2D eigenvalue weighted by molar-refractivity contribution is -0.143. The molecule has 0 saturated heterocycles. The van der Waals surface area contributed by atoms with Gasteiger partial charge < -0.3 is 15.0 Å². The molecule has 3 rings (SSSR count). The van der Waals surface area contributed by atoms with E-state index in [1.807, 2.05) is 49.4 Å². The number of ether oxygens (including phenoxy) is 1. The quantitative estimate of drug-likeness (QED) is 0.443. The fraction of sp³-hybridized carbons (Fsp3) is 0.517. The third-order valence-electron chi connectivity index (χ3n) is 6.72. The highest BCUT2D eigenvalue weighted by Crippen LogP contribution is 2.25. The fourth-order valence-electron chi connectivity index (χ4n) is 4.55. The van der Waals surface area contributed by atoms with Crippen LogP contribution in [0.15, 0.2) is 48.5 Å². The lowest BCUT2D eigenvalue weighted by Gasteiger charge is -2.33. The molecule has 0 aliphatic heterocycles. The second-order valence-corrected chi connectivity index (χ2v) is 10.9. The van der Waals surface area contributed by atoms with Crippen molar-refractivity contribution in [2.24, 2.45) is 0 Å². The van der Waals surface area contributed by atoms with Gasteiger partial charge in [-0.25, -0.2) is 0 Å². The maximum absolute atomic E-state index is 13.4. The summed E-state index contributed by atoms with van der Waals surface area (Å²) < 4.78 is 5.85. The van der Waals surface area contributed by atoms with E-state index in [4.69, 9.17) is 16.3 Å². The lowest BCUT2D eigenvalue weighted by atomic mass is 9.87. The van der Waals surface area contributed by atoms with Crippen LogP contribution in [0.1, 0.15) is 77.3 Å². The highest BCUT2D eigenvalue weighted by molar-refractivity contribution is 6.31. The van der Waals surface area contributed by atoms with E-state index in [9.17, 15) is 9.59 Å². The van der Waals surface area contributed by atoms with Crippen molar-refractivity contribution in [2.45, 2.75) is 90.3 Å². The minimum atomic E-state index is -0.590. The molecule has 0 radical (unpaired) electrons. The van der Waals surface area contributed by atoms with Crippen molar-refractivity contribution in [3.63, 3.8) is 0 Å². The Kier molecular flexibility index (Phi) is 9.62. The molecule has 0 bridgehead atoms. The molecule has 2 amide bonds. The van der Waals surface area contributed by atoms with E-state index in [-0.39, 0.29) is 36.4 Å². The Morgan fingerprint density at radius 2 is 1.71 bits per heavy atom. The molecule has 0 heterocycles. The Morgan fingerprint density at radius 3 is 2.31 bits per heavy atom. The van der Waals surface area contributed by atoms with Crippen molar-refractivity contribution >= 4 is 23.4 Å². The predicted molar refractivity (Wildman–Crippen MR) is 142 cm³/mol. The zero-order valence-electron chi connectivity index (χ0n) is 21.5. The summed E-state index contributed by atoms with van der Waals surface area (Å²) in [6, 6.07) is 14.8. The Morgan fingerprint density at radius 1 is 1.06 bits per heavy atom. The zero-order chi connectivity index (χ0) is 25.4. The molecule has 0 aromatic heterocycles. The number of carbonyl (C=O) groups is 2. The van der Waals surface area contributed by atoms with Gasteiger partial charge in [0, 0.05) is 17.6 Å². The number of nitrogens with one attached hydrogen (secondary N) is 1. The summed E-state index contributed by atoms with van der Waals surface area (Å²) in [6.45, 7) is 8.50. The van der Waals surface area contributed by atoms with Gasteiger partial charge in [0.25, 0.3) is 5.91 Å². The van der Waals surface area contributed by atoms with Crippen LogP contribution in [-0.2, 0) is 21.5 Å². The number of rotatable bonds is 9. The van der Waals surface area contributed by atoms with E-state index < -0.39 is 6.04 Å². The molecule has 1 atom stereocenters. The van der Waals surface area contributed by atoms with Crippen LogP contribution in [-0.4, -0.2) is 35.4 Å². The molecule has 2 aromatic carbocycles. The van der Waals surface area contributed by atoms with Gasteiger partial charge in [0.2, 0.25) is 5.91 Å². The van der Waals surface area contributed by atoms with Gasteiger partial charge in [0.05, 0.1) is 0 Å². The average molecular weight is 499 g/mol. The van der Waals surface area contributed by atoms with Crippen LogP contribution in [0.2, 0.25) is 5.02 Å². The van der Waals surface area contributed by atoms with Crippen LogP contribution >= 0.6 is 11.6 Å². The maximum atomic E-state index is 13.4. The summed E-state index contributed by atoms with van der Waals surface area (Å²) in [7, 11) is 0. The first-order chi connectivity index (χ1) is 16.7. The van der Waals surface area contributed by atoms with Crippen molar-refractivity contribution in [3.05, 3.63) is 64.7 Å². The topological polar surface area (TPSA) is 58.6 Å². The summed E-state index contributed by atoms with van der Waals surface area (Å²) in [5.74, 6) is 0.286. The van der Waals surface area contributed by atoms with E-state index in [1.54, 1.807) is 11.0 Å². The van der Waals surface area contributed by atoms with E-state index in [0.717, 1.165) is 31.2 Å². The molecule has 2 aromatic rings. The van der Waals surface area contributed by atoms with Crippen LogP contribution in [0, 0.1) is 0 Å². The predicted octanol–water partition coefficient (Wildman–Crippen LogP) is 6.27. The zero-order valence-corrected chi connectivity index (χ0v) is 22.2. The van der Waals surface area contributed by atoms with Crippen LogP contribution < -0.4 is 10.1 Å². The fourth-order valence-corrected chi connectivity index (χ4v) is 4.75. The van der Waals surface area contributed by atoms with Gasteiger partial charge in [-0.3, -0.25) is 9.59 Å². The summed E-state index contributed by atoms with van der Waals surface area (Å²) in [5.41, 5.74) is 2.04. The van der Waals surface area contributed by atoms with E-state index in [1.165, 1.54) is 12.0 Å². The molecule has 0 spiro atoms. The standard InChI is InChI=1S/C29H39ClN2O3/c1-5-26(28(34)31-23-12-7-6-8-13-23)32(19-21-11-9-10-14-25(21)30)27(33)20-35-24-17-15-22(16-18-24)29(2,3)4/h9-11,14-18,23,26H,5-8,12-13,19-20H2,1-4H3,(H,31,34). The van der Waals surface area contributed by atoms with Crippen molar-refractivity contribution in [2.75, 3.05) is 6.61 Å². The van der Waals surface area contributed by atoms with Crippen LogP contribution in [0.3, 0.4) is 0 Å². The lowest BCUT2D eigenvalue weighted by Crippen LogP contribution is -2.52. The first kappa shape index (κ1) is 27.1. The summed E-state index contributed by atoms with van der Waals surface area (Å²) in [5, 5.41) is 3.77. The van der Waals surface area contributed by atoms with Gasteiger partial charge >= 0.3 is 0 Å². The first-order valence-electron chi connectivity index (χ1n) is 12.8. The van der Waals surface area contributed by atoms with Gasteiger partial charge in [-0.05, 0) is 54.0 Å². The Bertz CT molecular complexity index is 978. The molecule has 1 aliphatic carbocycles. The molecule has 1 aliphatic rings. The highest BCUT2D eigenvalue weighted by Gasteiger charge is 2.31. The monoisotopic (exact) mass is 498 g/mol. The smallest absolute Gasteiger partial charge is 0.261 e. The largest absolute Gasteiger partial charge is 0.484 e. The maximum Gasteiger partial charge on any atom is 0.261 e. The normalized spacial score (nSPS) is 15.3. The minimum absolute atomic E-state index is 0.0418. The van der Waals surface area contributed by atoms with Gasteiger partial charge in [0.15, 0.2) is 6.61 Å². The number of halogens is 1. The van der Waals surface area contributed by atoms with Gasteiger partial charge in [-0.1, -0.05) is 88.9 Å².